The second kappa shape index (κ2) is 3.10. The summed E-state index contributed by atoms with van der Waals surface area (Å²) < 4.78 is 0. The van der Waals surface area contributed by atoms with Gasteiger partial charge in [-0.2, -0.15) is 11.3 Å². The molecule has 1 fully saturated rings. The second-order valence-corrected chi connectivity index (χ2v) is 4.94. The molecule has 1 aliphatic rings. The van der Waals surface area contributed by atoms with Gasteiger partial charge in [0.15, 0.2) is 0 Å². The Morgan fingerprint density at radius 2 is 2.38 bits per heavy atom. The van der Waals surface area contributed by atoms with Gasteiger partial charge in [0.25, 0.3) is 0 Å². The molecule has 2 heteroatoms. The molecule has 1 heterocycles. The predicted molar refractivity (Wildman–Crippen MR) is 57.9 cm³/mol. The average Bonchev–Trinajstić information content (AvgIpc) is 2.56. The van der Waals surface area contributed by atoms with Crippen LogP contribution in [-0.4, -0.2) is 0 Å². The quantitative estimate of drug-likeness (QED) is 0.788. The van der Waals surface area contributed by atoms with E-state index in [-0.39, 0.29) is 5.54 Å². The lowest BCUT2D eigenvalue weighted by Crippen LogP contribution is -2.22. The van der Waals surface area contributed by atoms with Crippen molar-refractivity contribution < 1.29 is 0 Å². The minimum Gasteiger partial charge on any atom is -0.321 e. The minimum absolute atomic E-state index is 0.0418. The van der Waals surface area contributed by atoms with Gasteiger partial charge in [-0.15, -0.1) is 0 Å². The first-order chi connectivity index (χ1) is 6.18. The monoisotopic (exact) mass is 195 g/mol. The van der Waals surface area contributed by atoms with Crippen molar-refractivity contribution >= 4 is 11.3 Å². The molecular weight excluding hydrogens is 178 g/mol. The fraction of sp³-hybridized carbons (Fsp3) is 0.636. The van der Waals surface area contributed by atoms with Gasteiger partial charge < -0.3 is 5.73 Å². The summed E-state index contributed by atoms with van der Waals surface area (Å²) in [4.78, 5) is 0. The van der Waals surface area contributed by atoms with Crippen LogP contribution in [0, 0.1) is 12.8 Å². The van der Waals surface area contributed by atoms with E-state index < -0.39 is 0 Å². The van der Waals surface area contributed by atoms with E-state index in [0.717, 1.165) is 5.92 Å². The second-order valence-electron chi connectivity index (χ2n) is 4.20. The molecule has 1 saturated carbocycles. The minimum atomic E-state index is 0.0418. The molecule has 0 radical (unpaired) electrons. The Morgan fingerprint density at radius 3 is 2.92 bits per heavy atom. The van der Waals surface area contributed by atoms with Crippen molar-refractivity contribution in [3.8, 4) is 0 Å². The summed E-state index contributed by atoms with van der Waals surface area (Å²) in [6.07, 6.45) is 3.73. The van der Waals surface area contributed by atoms with Crippen LogP contribution in [0.3, 0.4) is 0 Å². The van der Waals surface area contributed by atoms with Crippen LogP contribution in [0.15, 0.2) is 10.8 Å². The molecule has 0 amide bonds. The fourth-order valence-electron chi connectivity index (χ4n) is 2.22. The Kier molecular flexibility index (Phi) is 2.20. The van der Waals surface area contributed by atoms with Gasteiger partial charge in [-0.1, -0.05) is 13.3 Å². The number of rotatable bonds is 3. The van der Waals surface area contributed by atoms with Gasteiger partial charge in [-0.25, -0.2) is 0 Å². The van der Waals surface area contributed by atoms with Crippen LogP contribution < -0.4 is 5.73 Å². The summed E-state index contributed by atoms with van der Waals surface area (Å²) in [5.41, 5.74) is 9.17. The first kappa shape index (κ1) is 9.22. The van der Waals surface area contributed by atoms with Crippen molar-refractivity contribution in [3.05, 3.63) is 21.9 Å². The first-order valence-electron chi connectivity index (χ1n) is 5.00. The Bertz CT molecular complexity index is 305. The van der Waals surface area contributed by atoms with Crippen molar-refractivity contribution in [2.24, 2.45) is 11.7 Å². The van der Waals surface area contributed by atoms with Crippen molar-refractivity contribution in [2.75, 3.05) is 0 Å². The number of thiophene rings is 1. The molecule has 1 aromatic heterocycles. The normalized spacial score (nSPS) is 32.1. The lowest BCUT2D eigenvalue weighted by molar-refractivity contribution is 0.583. The van der Waals surface area contributed by atoms with Gasteiger partial charge >= 0.3 is 0 Å². The highest BCUT2D eigenvalue weighted by Gasteiger charge is 2.51. The number of aryl methyl sites for hydroxylation is 1. The van der Waals surface area contributed by atoms with Crippen LogP contribution in [0.5, 0.6) is 0 Å². The molecule has 2 unspecified atom stereocenters. The number of hydrogen-bond acceptors (Lipinski definition) is 2. The Balaban J connectivity index is 2.15. The summed E-state index contributed by atoms with van der Waals surface area (Å²) in [7, 11) is 0. The van der Waals surface area contributed by atoms with Crippen LogP contribution in [0.25, 0.3) is 0 Å². The molecule has 13 heavy (non-hydrogen) atoms. The molecule has 0 aliphatic heterocycles. The number of hydrogen-bond donors (Lipinski definition) is 1. The third-order valence-electron chi connectivity index (χ3n) is 3.15. The van der Waals surface area contributed by atoms with Gasteiger partial charge in [0, 0.05) is 5.54 Å². The summed E-state index contributed by atoms with van der Waals surface area (Å²) in [6, 6.07) is 0. The molecule has 2 atom stereocenters. The highest BCUT2D eigenvalue weighted by atomic mass is 32.1. The van der Waals surface area contributed by atoms with Crippen molar-refractivity contribution in [1.29, 1.82) is 0 Å². The van der Waals surface area contributed by atoms with Gasteiger partial charge in [-0.05, 0) is 47.6 Å². The van der Waals surface area contributed by atoms with E-state index in [0.29, 0.717) is 0 Å². The zero-order valence-electron chi connectivity index (χ0n) is 8.34. The van der Waals surface area contributed by atoms with E-state index in [1.54, 1.807) is 11.3 Å². The first-order valence-corrected chi connectivity index (χ1v) is 5.95. The van der Waals surface area contributed by atoms with E-state index in [9.17, 15) is 0 Å². The van der Waals surface area contributed by atoms with Gasteiger partial charge in [0.1, 0.15) is 0 Å². The third-order valence-corrected chi connectivity index (χ3v) is 4.01. The number of nitrogens with two attached hydrogens (primary N) is 1. The largest absolute Gasteiger partial charge is 0.321 e. The fourth-order valence-corrected chi connectivity index (χ4v) is 3.16. The van der Waals surface area contributed by atoms with Crippen LogP contribution in [0.2, 0.25) is 0 Å². The molecule has 1 nitrogen and oxygen atoms in total. The maximum absolute atomic E-state index is 6.35. The highest BCUT2D eigenvalue weighted by molar-refractivity contribution is 7.08. The van der Waals surface area contributed by atoms with Crippen molar-refractivity contribution in [1.82, 2.24) is 0 Å². The Hall–Kier alpha value is -0.340. The van der Waals surface area contributed by atoms with E-state index in [1.165, 1.54) is 30.4 Å². The van der Waals surface area contributed by atoms with E-state index >= 15 is 0 Å². The van der Waals surface area contributed by atoms with Crippen LogP contribution in [0.4, 0.5) is 0 Å². The summed E-state index contributed by atoms with van der Waals surface area (Å²) in [6.45, 7) is 4.40. The highest BCUT2D eigenvalue weighted by Crippen LogP contribution is 2.53. The smallest absolute Gasteiger partial charge is 0.0453 e. The maximum Gasteiger partial charge on any atom is 0.0453 e. The summed E-state index contributed by atoms with van der Waals surface area (Å²) >= 11 is 1.77. The van der Waals surface area contributed by atoms with Crippen LogP contribution >= 0.6 is 11.3 Å². The van der Waals surface area contributed by atoms with E-state index in [2.05, 4.69) is 24.6 Å². The SMILES string of the molecule is CCCC1CC1(N)c1cscc1C. The zero-order chi connectivity index (χ0) is 9.47. The molecule has 1 aliphatic carbocycles. The van der Waals surface area contributed by atoms with Crippen LogP contribution in [-0.2, 0) is 5.54 Å². The molecule has 1 aromatic rings. The van der Waals surface area contributed by atoms with Gasteiger partial charge in [0.05, 0.1) is 0 Å². The lowest BCUT2D eigenvalue weighted by Gasteiger charge is -2.10. The van der Waals surface area contributed by atoms with Crippen molar-refractivity contribution in [2.45, 2.75) is 38.6 Å². The molecule has 72 valence electrons. The molecule has 0 bridgehead atoms. The van der Waals surface area contributed by atoms with Crippen LogP contribution in [0.1, 0.15) is 37.3 Å². The molecule has 0 saturated heterocycles. The molecule has 2 N–H and O–H groups in total. The Morgan fingerprint density at radius 1 is 1.62 bits per heavy atom. The van der Waals surface area contributed by atoms with Gasteiger partial charge in [0.2, 0.25) is 0 Å². The average molecular weight is 195 g/mol. The van der Waals surface area contributed by atoms with Crippen molar-refractivity contribution in [3.63, 3.8) is 0 Å². The summed E-state index contributed by atoms with van der Waals surface area (Å²) in [5, 5.41) is 4.43. The van der Waals surface area contributed by atoms with E-state index in [1.807, 2.05) is 0 Å². The zero-order valence-corrected chi connectivity index (χ0v) is 9.16. The Labute approximate surface area is 84.0 Å². The predicted octanol–water partition coefficient (Wildman–Crippen LogP) is 3.03. The standard InChI is InChI=1S/C11H17NS/c1-3-4-9-5-11(9,12)10-7-13-6-8(10)2/h6-7,9H,3-5,12H2,1-2H3. The molecule has 2 rings (SSSR count). The summed E-state index contributed by atoms with van der Waals surface area (Å²) in [5.74, 6) is 0.741. The van der Waals surface area contributed by atoms with Gasteiger partial charge in [-0.3, -0.25) is 0 Å². The maximum atomic E-state index is 6.35. The topological polar surface area (TPSA) is 26.0 Å². The molecule has 0 spiro atoms. The lowest BCUT2D eigenvalue weighted by atomic mass is 10.0. The third kappa shape index (κ3) is 1.42. The van der Waals surface area contributed by atoms with E-state index in [4.69, 9.17) is 5.73 Å². The molecule has 0 aromatic carbocycles. The molecular formula is C11H17NS.